The molecule has 0 atom stereocenters. The monoisotopic (exact) mass is 401 g/mol. The molecule has 0 bridgehead atoms. The number of nitrogens with one attached hydrogen (secondary N) is 1. The minimum absolute atomic E-state index is 0.0640. The largest absolute Gasteiger partial charge is 0.326 e. The first-order chi connectivity index (χ1) is 9.54. The number of halogens is 2. The van der Waals surface area contributed by atoms with Crippen LogP contribution in [-0.4, -0.2) is 11.7 Å². The summed E-state index contributed by atoms with van der Waals surface area (Å²) in [6.45, 7) is 0. The molecule has 1 amide bonds. The summed E-state index contributed by atoms with van der Waals surface area (Å²) >= 11 is 3.57. The van der Waals surface area contributed by atoms with Gasteiger partial charge in [0.2, 0.25) is 5.91 Å². The molecule has 2 aromatic rings. The van der Waals surface area contributed by atoms with Gasteiger partial charge in [0.05, 0.1) is 8.45 Å². The van der Waals surface area contributed by atoms with E-state index in [1.165, 1.54) is 17.4 Å². The Morgan fingerprint density at radius 3 is 2.80 bits per heavy atom. The van der Waals surface area contributed by atoms with Crippen molar-refractivity contribution in [1.82, 2.24) is 0 Å². The van der Waals surface area contributed by atoms with Gasteiger partial charge in [-0.3, -0.25) is 9.59 Å². The molecule has 1 N–H and O–H groups in total. The molecule has 6 heteroatoms. The van der Waals surface area contributed by atoms with E-state index in [1.807, 2.05) is 0 Å². The third kappa shape index (κ3) is 2.49. The highest BCUT2D eigenvalue weighted by atomic mass is 127. The van der Waals surface area contributed by atoms with E-state index in [4.69, 9.17) is 0 Å². The molecule has 1 aromatic heterocycles. The smallest absolute Gasteiger partial charge is 0.224 e. The molecule has 0 saturated carbocycles. The van der Waals surface area contributed by atoms with Gasteiger partial charge in [-0.2, -0.15) is 0 Å². The van der Waals surface area contributed by atoms with E-state index in [1.54, 1.807) is 17.5 Å². The predicted molar refractivity (Wildman–Crippen MR) is 83.8 cm³/mol. The Labute approximate surface area is 132 Å². The van der Waals surface area contributed by atoms with E-state index in [-0.39, 0.29) is 17.3 Å². The Hall–Kier alpha value is -1.28. The molecule has 0 spiro atoms. The summed E-state index contributed by atoms with van der Waals surface area (Å²) in [7, 11) is 0. The van der Waals surface area contributed by atoms with E-state index >= 15 is 0 Å². The number of ketones is 1. The number of anilines is 1. The molecule has 0 saturated heterocycles. The molecule has 102 valence electrons. The van der Waals surface area contributed by atoms with Crippen molar-refractivity contribution >= 4 is 51.3 Å². The topological polar surface area (TPSA) is 46.2 Å². The standard InChI is InChI=1S/C14H9FINO2S/c15-10-5-11-7(1-2-13(18)17-11)3-9(10)14(19)8-4-12(16)20-6-8/h3-6H,1-2H2,(H,17,18). The van der Waals surface area contributed by atoms with E-state index in [0.29, 0.717) is 24.1 Å². The number of hydrogen-bond donors (Lipinski definition) is 1. The van der Waals surface area contributed by atoms with Crippen molar-refractivity contribution < 1.29 is 14.0 Å². The lowest BCUT2D eigenvalue weighted by Crippen LogP contribution is -2.20. The van der Waals surface area contributed by atoms with Crippen LogP contribution in [0.25, 0.3) is 0 Å². The fraction of sp³-hybridized carbons (Fsp3) is 0.143. The lowest BCUT2D eigenvalue weighted by molar-refractivity contribution is -0.116. The molecule has 0 aliphatic carbocycles. The molecule has 20 heavy (non-hydrogen) atoms. The molecule has 0 unspecified atom stereocenters. The Morgan fingerprint density at radius 1 is 1.30 bits per heavy atom. The van der Waals surface area contributed by atoms with Crippen molar-refractivity contribution in [1.29, 1.82) is 0 Å². The zero-order valence-electron chi connectivity index (χ0n) is 10.2. The zero-order valence-corrected chi connectivity index (χ0v) is 13.2. The van der Waals surface area contributed by atoms with E-state index in [2.05, 4.69) is 27.9 Å². The molecule has 1 aliphatic rings. The normalized spacial score (nSPS) is 13.8. The van der Waals surface area contributed by atoms with Crippen LogP contribution in [0.2, 0.25) is 0 Å². The summed E-state index contributed by atoms with van der Waals surface area (Å²) in [4.78, 5) is 23.6. The van der Waals surface area contributed by atoms with Gasteiger partial charge in [-0.1, -0.05) is 0 Å². The zero-order chi connectivity index (χ0) is 14.3. The SMILES string of the molecule is O=C1CCc2cc(C(=O)c3csc(I)c3)c(F)cc2N1. The second-order valence-corrected chi connectivity index (χ2v) is 7.31. The summed E-state index contributed by atoms with van der Waals surface area (Å²) in [6.07, 6.45) is 0.894. The maximum atomic E-state index is 14.1. The van der Waals surface area contributed by atoms with Gasteiger partial charge in [-0.15, -0.1) is 11.3 Å². The van der Waals surface area contributed by atoms with Gasteiger partial charge in [0, 0.05) is 23.1 Å². The average Bonchev–Trinajstić information content (AvgIpc) is 2.84. The molecule has 1 aliphatic heterocycles. The number of rotatable bonds is 2. The average molecular weight is 401 g/mol. The molecule has 3 nitrogen and oxygen atoms in total. The highest BCUT2D eigenvalue weighted by molar-refractivity contribution is 14.1. The van der Waals surface area contributed by atoms with Crippen LogP contribution in [0.3, 0.4) is 0 Å². The van der Waals surface area contributed by atoms with Crippen LogP contribution >= 0.6 is 33.9 Å². The number of fused-ring (bicyclic) bond motifs is 1. The highest BCUT2D eigenvalue weighted by Crippen LogP contribution is 2.28. The number of benzene rings is 1. The summed E-state index contributed by atoms with van der Waals surface area (Å²) < 4.78 is 15.1. The molecular weight excluding hydrogens is 392 g/mol. The van der Waals surface area contributed by atoms with Crippen molar-refractivity contribution in [2.24, 2.45) is 0 Å². The van der Waals surface area contributed by atoms with Gasteiger partial charge in [-0.05, 0) is 52.8 Å². The first-order valence-corrected chi connectivity index (χ1v) is 7.91. The van der Waals surface area contributed by atoms with Gasteiger partial charge >= 0.3 is 0 Å². The van der Waals surface area contributed by atoms with Gasteiger partial charge in [-0.25, -0.2) is 4.39 Å². The Morgan fingerprint density at radius 2 is 2.10 bits per heavy atom. The molecule has 1 aromatic carbocycles. The Bertz CT molecular complexity index is 726. The van der Waals surface area contributed by atoms with Gasteiger partial charge < -0.3 is 5.32 Å². The second-order valence-electron chi connectivity index (χ2n) is 4.51. The summed E-state index contributed by atoms with van der Waals surface area (Å²) in [5, 5.41) is 4.35. The Kier molecular flexibility index (Phi) is 3.59. The van der Waals surface area contributed by atoms with Crippen molar-refractivity contribution in [3.05, 3.63) is 49.0 Å². The van der Waals surface area contributed by atoms with Crippen LogP contribution in [-0.2, 0) is 11.2 Å². The fourth-order valence-electron chi connectivity index (χ4n) is 2.16. The number of thiophene rings is 1. The summed E-state index contributed by atoms with van der Waals surface area (Å²) in [5.74, 6) is -1.04. The molecule has 2 heterocycles. The van der Waals surface area contributed by atoms with E-state index in [9.17, 15) is 14.0 Å². The van der Waals surface area contributed by atoms with E-state index < -0.39 is 5.82 Å². The molecule has 3 rings (SSSR count). The number of aryl methyl sites for hydroxylation is 1. The van der Waals surface area contributed by atoms with Crippen molar-refractivity contribution in [2.45, 2.75) is 12.8 Å². The third-order valence-corrected chi connectivity index (χ3v) is 4.95. The van der Waals surface area contributed by atoms with Crippen molar-refractivity contribution in [3.8, 4) is 0 Å². The number of hydrogen-bond acceptors (Lipinski definition) is 3. The van der Waals surface area contributed by atoms with Gasteiger partial charge in [0.25, 0.3) is 0 Å². The summed E-state index contributed by atoms with van der Waals surface area (Å²) in [5.41, 5.74) is 1.83. The lowest BCUT2D eigenvalue weighted by atomic mass is 9.96. The van der Waals surface area contributed by atoms with Crippen LogP contribution in [0.5, 0.6) is 0 Å². The molecule has 0 radical (unpaired) electrons. The number of carbonyl (C=O) groups excluding carboxylic acids is 2. The van der Waals surface area contributed by atoms with Crippen molar-refractivity contribution in [3.63, 3.8) is 0 Å². The van der Waals surface area contributed by atoms with Gasteiger partial charge in [0.15, 0.2) is 5.78 Å². The van der Waals surface area contributed by atoms with E-state index in [0.717, 1.165) is 8.45 Å². The van der Waals surface area contributed by atoms with Crippen LogP contribution in [0.15, 0.2) is 23.6 Å². The molecule has 0 fully saturated rings. The lowest BCUT2D eigenvalue weighted by Gasteiger charge is -2.17. The number of carbonyl (C=O) groups is 2. The highest BCUT2D eigenvalue weighted by Gasteiger charge is 2.21. The van der Waals surface area contributed by atoms with Crippen LogP contribution in [0.1, 0.15) is 27.9 Å². The quantitative estimate of drug-likeness (QED) is 0.618. The molecular formula is C14H9FINO2S. The fourth-order valence-corrected chi connectivity index (χ4v) is 3.49. The first kappa shape index (κ1) is 13.7. The third-order valence-electron chi connectivity index (χ3n) is 3.16. The maximum Gasteiger partial charge on any atom is 0.224 e. The first-order valence-electron chi connectivity index (χ1n) is 5.95. The van der Waals surface area contributed by atoms with Crippen molar-refractivity contribution in [2.75, 3.05) is 5.32 Å². The maximum absolute atomic E-state index is 14.1. The van der Waals surface area contributed by atoms with Crippen LogP contribution in [0, 0.1) is 8.70 Å². The minimum atomic E-state index is -0.600. The van der Waals surface area contributed by atoms with Gasteiger partial charge in [0.1, 0.15) is 5.82 Å². The van der Waals surface area contributed by atoms with Crippen LogP contribution < -0.4 is 5.32 Å². The number of amides is 1. The minimum Gasteiger partial charge on any atom is -0.326 e. The Balaban J connectivity index is 2.02. The predicted octanol–water partition coefficient (Wildman–Crippen LogP) is 3.61. The second kappa shape index (κ2) is 5.25. The van der Waals surface area contributed by atoms with Crippen LogP contribution in [0.4, 0.5) is 10.1 Å². The summed E-state index contributed by atoms with van der Waals surface area (Å²) in [6, 6.07) is 4.53.